The Balaban J connectivity index is 1.70. The Labute approximate surface area is 471 Å². The molecule has 2 aromatic rings. The first-order valence-electron chi connectivity index (χ1n) is 27.4. The van der Waals surface area contributed by atoms with Crippen molar-refractivity contribution in [3.05, 3.63) is 89.5 Å². The van der Waals surface area contributed by atoms with Crippen LogP contribution in [0.15, 0.2) is 78.4 Å². The van der Waals surface area contributed by atoms with E-state index in [0.717, 1.165) is 10.5 Å². The van der Waals surface area contributed by atoms with Crippen molar-refractivity contribution in [1.29, 1.82) is 0 Å². The molecular formula is C61H85N5O14. The van der Waals surface area contributed by atoms with Crippen LogP contribution in [0.4, 0.5) is 10.5 Å². The maximum absolute atomic E-state index is 15.0. The molecule has 0 unspecified atom stereocenters. The van der Waals surface area contributed by atoms with E-state index in [0.29, 0.717) is 36.1 Å². The predicted molar refractivity (Wildman–Crippen MR) is 301 cm³/mol. The number of benzene rings is 2. The third-order valence-electron chi connectivity index (χ3n) is 14.6. The Morgan fingerprint density at radius 1 is 0.738 bits per heavy atom. The lowest BCUT2D eigenvalue weighted by Gasteiger charge is -2.41. The summed E-state index contributed by atoms with van der Waals surface area (Å²) in [6.45, 7) is 20.5. The highest BCUT2D eigenvalue weighted by molar-refractivity contribution is 6.12. The van der Waals surface area contributed by atoms with Crippen LogP contribution in [0.25, 0.3) is 0 Å². The van der Waals surface area contributed by atoms with Crippen LogP contribution in [0.2, 0.25) is 0 Å². The lowest BCUT2D eigenvalue weighted by molar-refractivity contribution is -0.144. The number of ether oxygens (including phenoxy) is 3. The SMILES string of the molecule is C/C(=C\[C@H](C(C)C)N(C)C(=O)[C@@H](CC(=O)[C@@H](N(C)C(=O)OCc1ccc(NC(=O)[C@H](C)CC(=O)[C@@H](NC(=O)CCCCCN2C(=O)C=CC2=O)C(C)C)cc1)C(C)(C)c1ccccc1)C(C)(C)C)C(=O)C[C@H](CCOC=O)OC=O. The number of ketones is 3. The molecule has 6 atom stereocenters. The number of imide groups is 1. The number of unbranched alkanes of at least 4 members (excludes halogenated alkanes) is 2. The van der Waals surface area contributed by atoms with Crippen molar-refractivity contribution in [3.63, 3.8) is 0 Å². The molecule has 6 amide bonds. The maximum Gasteiger partial charge on any atom is 0.410 e. The van der Waals surface area contributed by atoms with Crippen molar-refractivity contribution in [3.8, 4) is 0 Å². The number of nitrogens with one attached hydrogen (secondary N) is 2. The summed E-state index contributed by atoms with van der Waals surface area (Å²) in [5, 5.41) is 5.64. The van der Waals surface area contributed by atoms with E-state index in [1.54, 1.807) is 56.1 Å². The highest BCUT2D eigenvalue weighted by Crippen LogP contribution is 2.37. The van der Waals surface area contributed by atoms with E-state index in [9.17, 15) is 52.7 Å². The number of rotatable bonds is 34. The number of nitrogens with zero attached hydrogens (tertiary/aromatic N) is 3. The number of hydrogen-bond donors (Lipinski definition) is 2. The summed E-state index contributed by atoms with van der Waals surface area (Å²) >= 11 is 0. The summed E-state index contributed by atoms with van der Waals surface area (Å²) in [6, 6.07) is 13.4. The standard InChI is InChI=1S/C61H85N5O14/c1-39(2)48(32-41(5)49(69)34-46(80-38-68)29-31-78-37-67)64(12)58(76)47(60(7,8)9)35-51(71)56(61(10,11)44-20-16-14-17-21-44)65(13)59(77)79-36-43-23-25-45(26-24-43)62-57(75)42(6)33-50(70)55(40(3)4)63-52(72)22-18-15-19-30-66-53(73)27-28-54(66)74/h14,16-17,20-21,23-28,32,37-40,42,46-48,55-56H,15,18-19,22,29-31,33-36H2,1-13H3,(H,62,75)(H,63,72)/b41-32+/t42-,46+,47-,48-,55+,56-/m1/s1. The largest absolute Gasteiger partial charge is 0.468 e. The molecule has 2 aromatic carbocycles. The molecule has 438 valence electrons. The second-order valence-corrected chi connectivity index (χ2v) is 23.0. The first-order valence-corrected chi connectivity index (χ1v) is 27.4. The minimum Gasteiger partial charge on any atom is -0.468 e. The Morgan fingerprint density at radius 2 is 1.36 bits per heavy atom. The van der Waals surface area contributed by atoms with Crippen molar-refractivity contribution in [2.45, 2.75) is 164 Å². The van der Waals surface area contributed by atoms with Gasteiger partial charge < -0.3 is 34.6 Å². The molecule has 0 spiro atoms. The van der Waals surface area contributed by atoms with Crippen molar-refractivity contribution in [1.82, 2.24) is 20.0 Å². The third kappa shape index (κ3) is 20.1. The lowest BCUT2D eigenvalue weighted by Crippen LogP contribution is -2.55. The van der Waals surface area contributed by atoms with E-state index < -0.39 is 58.9 Å². The highest BCUT2D eigenvalue weighted by atomic mass is 16.6. The van der Waals surface area contributed by atoms with Crippen LogP contribution in [-0.2, 0) is 74.2 Å². The van der Waals surface area contributed by atoms with Gasteiger partial charge >= 0.3 is 6.09 Å². The first kappa shape index (κ1) is 67.0. The number of amides is 6. The molecule has 0 saturated carbocycles. The molecule has 0 radical (unpaired) electrons. The van der Waals surface area contributed by atoms with E-state index in [4.69, 9.17) is 14.2 Å². The van der Waals surface area contributed by atoms with Gasteiger partial charge in [0.25, 0.3) is 24.8 Å². The van der Waals surface area contributed by atoms with Gasteiger partial charge in [0.15, 0.2) is 17.3 Å². The second kappa shape index (κ2) is 31.5. The fourth-order valence-electron chi connectivity index (χ4n) is 9.68. The molecule has 0 bridgehead atoms. The van der Waals surface area contributed by atoms with E-state index in [1.807, 2.05) is 92.6 Å². The smallest absolute Gasteiger partial charge is 0.410 e. The van der Waals surface area contributed by atoms with E-state index in [1.165, 1.54) is 24.1 Å². The summed E-state index contributed by atoms with van der Waals surface area (Å²) < 4.78 is 15.6. The number of Topliss-reactive ketones (excluding diaryl/α,β-unsaturated/α-hetero) is 3. The number of carbonyl (C=O) groups excluding carboxylic acids is 11. The molecule has 80 heavy (non-hydrogen) atoms. The zero-order chi connectivity index (χ0) is 60.1. The molecule has 2 N–H and O–H groups in total. The lowest BCUT2D eigenvalue weighted by atomic mass is 9.71. The predicted octanol–water partition coefficient (Wildman–Crippen LogP) is 7.88. The normalized spacial score (nSPS) is 15.0. The summed E-state index contributed by atoms with van der Waals surface area (Å²) in [7, 11) is 3.12. The van der Waals surface area contributed by atoms with Crippen LogP contribution in [0.3, 0.4) is 0 Å². The fourth-order valence-corrected chi connectivity index (χ4v) is 9.68. The van der Waals surface area contributed by atoms with Gasteiger partial charge in [-0.15, -0.1) is 0 Å². The maximum atomic E-state index is 15.0. The summed E-state index contributed by atoms with van der Waals surface area (Å²) in [4.78, 5) is 146. The van der Waals surface area contributed by atoms with Crippen LogP contribution in [0.1, 0.15) is 139 Å². The van der Waals surface area contributed by atoms with Crippen LogP contribution in [0.5, 0.6) is 0 Å². The number of likely N-dealkylation sites (N-methyl/N-ethyl adjacent to an activating group) is 2. The minimum absolute atomic E-state index is 0.0438. The van der Waals surface area contributed by atoms with Crippen molar-refractivity contribution in [2.75, 3.05) is 32.6 Å². The molecule has 1 aliphatic rings. The van der Waals surface area contributed by atoms with E-state index in [-0.39, 0.29) is 118 Å². The monoisotopic (exact) mass is 1110 g/mol. The van der Waals surface area contributed by atoms with Crippen LogP contribution in [-0.4, -0.2) is 132 Å². The highest BCUT2D eigenvalue weighted by Gasteiger charge is 2.45. The van der Waals surface area contributed by atoms with Gasteiger partial charge in [-0.05, 0) is 65.8 Å². The van der Waals surface area contributed by atoms with Crippen molar-refractivity contribution in [2.24, 2.45) is 29.1 Å². The molecule has 3 rings (SSSR count). The number of carbonyl (C=O) groups is 11. The third-order valence-corrected chi connectivity index (χ3v) is 14.6. The molecule has 0 aliphatic carbocycles. The molecule has 0 aromatic heterocycles. The number of allylic oxidation sites excluding steroid dienone is 1. The zero-order valence-corrected chi connectivity index (χ0v) is 49.0. The van der Waals surface area contributed by atoms with Gasteiger partial charge in [0.2, 0.25) is 17.7 Å². The van der Waals surface area contributed by atoms with Gasteiger partial charge in [-0.25, -0.2) is 4.79 Å². The van der Waals surface area contributed by atoms with E-state index in [2.05, 4.69) is 10.6 Å². The second-order valence-electron chi connectivity index (χ2n) is 23.0. The van der Waals surface area contributed by atoms with Crippen LogP contribution >= 0.6 is 0 Å². The molecule has 19 nitrogen and oxygen atoms in total. The molecule has 0 fully saturated rings. The van der Waals surface area contributed by atoms with E-state index >= 15 is 0 Å². The molecule has 0 saturated heterocycles. The zero-order valence-electron chi connectivity index (χ0n) is 49.0. The Bertz CT molecular complexity index is 2530. The average molecular weight is 1110 g/mol. The number of anilines is 1. The number of hydrogen-bond acceptors (Lipinski definition) is 14. The summed E-state index contributed by atoms with van der Waals surface area (Å²) in [6.07, 6.45) is 3.96. The minimum atomic E-state index is -1.11. The van der Waals surface area contributed by atoms with Crippen molar-refractivity contribution >= 4 is 71.6 Å². The van der Waals surface area contributed by atoms with Crippen LogP contribution < -0.4 is 10.6 Å². The van der Waals surface area contributed by atoms with Gasteiger partial charge in [0.1, 0.15) is 18.8 Å². The molecule has 19 heteroatoms. The quantitative estimate of drug-likeness (QED) is 0.0223. The van der Waals surface area contributed by atoms with Gasteiger partial charge in [0.05, 0.1) is 18.7 Å². The van der Waals surface area contributed by atoms with Crippen molar-refractivity contribution < 1.29 is 67.0 Å². The van der Waals surface area contributed by atoms with Gasteiger partial charge in [0, 0.05) is 87.8 Å². The first-order chi connectivity index (χ1) is 37.5. The van der Waals surface area contributed by atoms with Gasteiger partial charge in [-0.2, -0.15) is 0 Å². The van der Waals surface area contributed by atoms with Gasteiger partial charge in [-0.3, -0.25) is 52.8 Å². The Morgan fingerprint density at radius 3 is 1.93 bits per heavy atom. The summed E-state index contributed by atoms with van der Waals surface area (Å²) in [5.41, 5.74) is 0.380. The fraction of sp³-hybridized carbons (Fsp3) is 0.557. The Kier molecular flexibility index (Phi) is 26.3. The molecule has 1 heterocycles. The average Bonchev–Trinajstić information content (AvgIpc) is 3.72. The van der Waals surface area contributed by atoms with Gasteiger partial charge in [-0.1, -0.05) is 124 Å². The topological polar surface area (TPSA) is 249 Å². The Hall–Kier alpha value is -7.31. The summed E-state index contributed by atoms with van der Waals surface area (Å²) in [5.74, 6) is -4.77. The molecular weight excluding hydrogens is 1030 g/mol. The molecule has 1 aliphatic heterocycles. The van der Waals surface area contributed by atoms with Crippen LogP contribution in [0, 0.1) is 29.1 Å².